The van der Waals surface area contributed by atoms with E-state index in [2.05, 4.69) is 96.9 Å². The fourth-order valence-electron chi connectivity index (χ4n) is 10.9. The number of aliphatic hydroxyl groups is 1. The van der Waals surface area contributed by atoms with Gasteiger partial charge in [-0.3, -0.25) is 0 Å². The predicted octanol–water partition coefficient (Wildman–Crippen LogP) is 12.3. The highest BCUT2D eigenvalue weighted by Crippen LogP contribution is 2.62. The molecular weight excluding hydrogens is 599 g/mol. The first-order chi connectivity index (χ1) is 21.6. The molecule has 0 aromatic heterocycles. The van der Waals surface area contributed by atoms with Crippen molar-refractivity contribution in [3.05, 3.63) is 0 Å². The van der Waals surface area contributed by atoms with Crippen molar-refractivity contribution < 1.29 is 18.7 Å². The molecule has 3 aliphatic carbocycles. The van der Waals surface area contributed by atoms with Gasteiger partial charge in [0.15, 0.2) is 0 Å². The minimum atomic E-state index is -1.41. The highest BCUT2D eigenvalue weighted by atomic mass is 31.2. The van der Waals surface area contributed by atoms with Gasteiger partial charge in [0.1, 0.15) is 0 Å². The molecule has 0 amide bonds. The van der Waals surface area contributed by atoms with Gasteiger partial charge in [-0.15, -0.1) is 0 Å². The van der Waals surface area contributed by atoms with Gasteiger partial charge in [0, 0.05) is 0 Å². The van der Waals surface area contributed by atoms with E-state index in [1.165, 1.54) is 38.5 Å². The molecule has 12 atom stereocenters. The van der Waals surface area contributed by atoms with E-state index in [0.717, 1.165) is 49.4 Å². The smallest absolute Gasteiger partial charge is 0.333 e. The van der Waals surface area contributed by atoms with Crippen LogP contribution < -0.4 is 0 Å². The zero-order valence-corrected chi connectivity index (χ0v) is 34.4. The Balaban J connectivity index is 1.56. The number of aliphatic hydroxyl groups excluding tert-OH is 1. The molecule has 4 nitrogen and oxygen atoms in total. The summed E-state index contributed by atoms with van der Waals surface area (Å²) in [6.45, 7) is 34.2. The van der Waals surface area contributed by atoms with Gasteiger partial charge in [0.25, 0.3) is 0 Å². The molecule has 1 aliphatic heterocycles. The average Bonchev–Trinajstić information content (AvgIpc) is 3.06. The number of fused-ring (bicyclic) bond motifs is 3. The Morgan fingerprint density at radius 1 is 0.638 bits per heavy atom. The average molecular weight is 679 g/mol. The van der Waals surface area contributed by atoms with Crippen LogP contribution in [0.2, 0.25) is 0 Å². The monoisotopic (exact) mass is 679 g/mol. The van der Waals surface area contributed by atoms with E-state index in [4.69, 9.17) is 13.6 Å². The summed E-state index contributed by atoms with van der Waals surface area (Å²) in [4.78, 5) is 0. The van der Waals surface area contributed by atoms with Crippen molar-refractivity contribution in [1.82, 2.24) is 0 Å². The van der Waals surface area contributed by atoms with Gasteiger partial charge in [-0.1, -0.05) is 96.9 Å². The zero-order chi connectivity index (χ0) is 35.1. The third kappa shape index (κ3) is 10.4. The van der Waals surface area contributed by atoms with Gasteiger partial charge >= 0.3 is 8.60 Å². The summed E-state index contributed by atoms with van der Waals surface area (Å²) >= 11 is 0. The molecule has 1 heterocycles. The second-order valence-electron chi connectivity index (χ2n) is 21.3. The Morgan fingerprint density at radius 2 is 1.06 bits per heavy atom. The summed E-state index contributed by atoms with van der Waals surface area (Å²) in [6.07, 6.45) is 12.4. The molecule has 5 heteroatoms. The summed E-state index contributed by atoms with van der Waals surface area (Å²) in [7, 11) is -1.41. The summed E-state index contributed by atoms with van der Waals surface area (Å²) in [5, 5.41) is 11.0. The summed E-state index contributed by atoms with van der Waals surface area (Å²) in [5.74, 6) is 6.50. The molecule has 4 rings (SSSR count). The molecule has 0 aromatic carbocycles. The van der Waals surface area contributed by atoms with Crippen LogP contribution in [0.5, 0.6) is 0 Å². The van der Waals surface area contributed by atoms with Crippen molar-refractivity contribution >= 4 is 8.60 Å². The number of hydrogen-bond donors (Lipinski definition) is 1. The molecular formula is C42H79O4P. The third-order valence-electron chi connectivity index (χ3n) is 13.2. The second kappa shape index (κ2) is 15.9. The van der Waals surface area contributed by atoms with Crippen molar-refractivity contribution in [2.75, 3.05) is 6.61 Å². The molecule has 4 aliphatic rings. The van der Waals surface area contributed by atoms with E-state index in [1.54, 1.807) is 0 Å². The third-order valence-corrected chi connectivity index (χ3v) is 14.4. The van der Waals surface area contributed by atoms with E-state index in [1.807, 2.05) is 0 Å². The molecule has 276 valence electrons. The number of hydrogen-bond acceptors (Lipinski definition) is 4. The Kier molecular flexibility index (Phi) is 13.5. The first-order valence-electron chi connectivity index (χ1n) is 20.1. The van der Waals surface area contributed by atoms with Crippen LogP contribution in [0, 0.1) is 81.3 Å². The molecule has 12 unspecified atom stereocenters. The van der Waals surface area contributed by atoms with Crippen LogP contribution in [0.25, 0.3) is 0 Å². The quantitative estimate of drug-likeness (QED) is 0.195. The SMILES string of the molecule is CC(C)CC1CC2C3CC(CC(C)C)CC(C(C)(C)C)C3OP(OCCCC3CC(C)C(O)C(C(C)(C)C)C3)OC2C(C(C)(C)C)C1. The largest absolute Gasteiger partial charge is 0.393 e. The molecule has 1 saturated heterocycles. The van der Waals surface area contributed by atoms with E-state index < -0.39 is 8.60 Å². The minimum absolute atomic E-state index is 0.136. The molecule has 3 saturated carbocycles. The summed E-state index contributed by atoms with van der Waals surface area (Å²) in [5.41, 5.74) is 0.498. The van der Waals surface area contributed by atoms with Crippen molar-refractivity contribution in [3.8, 4) is 0 Å². The van der Waals surface area contributed by atoms with Crippen LogP contribution in [0.4, 0.5) is 0 Å². The van der Waals surface area contributed by atoms with E-state index in [0.29, 0.717) is 48.0 Å². The minimum Gasteiger partial charge on any atom is -0.393 e. The van der Waals surface area contributed by atoms with Gasteiger partial charge in [-0.25, -0.2) is 0 Å². The molecule has 0 radical (unpaired) electrons. The van der Waals surface area contributed by atoms with Crippen molar-refractivity contribution in [1.29, 1.82) is 0 Å². The number of rotatable bonds is 9. The maximum absolute atomic E-state index is 11.0. The van der Waals surface area contributed by atoms with Gasteiger partial charge in [0.05, 0.1) is 24.9 Å². The topological polar surface area (TPSA) is 47.9 Å². The summed E-state index contributed by atoms with van der Waals surface area (Å²) in [6, 6.07) is 0. The highest BCUT2D eigenvalue weighted by Gasteiger charge is 2.56. The lowest BCUT2D eigenvalue weighted by Gasteiger charge is -2.52. The molecule has 47 heavy (non-hydrogen) atoms. The van der Waals surface area contributed by atoms with Gasteiger partial charge in [-0.05, 0) is 146 Å². The normalized spacial score (nSPS) is 40.7. The maximum atomic E-state index is 11.0. The van der Waals surface area contributed by atoms with Crippen LogP contribution in [0.1, 0.15) is 161 Å². The Morgan fingerprint density at radius 3 is 1.47 bits per heavy atom. The van der Waals surface area contributed by atoms with Gasteiger partial charge in [0.2, 0.25) is 0 Å². The Labute approximate surface area is 294 Å². The van der Waals surface area contributed by atoms with E-state index in [-0.39, 0.29) is 34.6 Å². The van der Waals surface area contributed by atoms with Crippen LogP contribution in [-0.2, 0) is 13.6 Å². The van der Waals surface area contributed by atoms with Crippen LogP contribution in [0.15, 0.2) is 0 Å². The van der Waals surface area contributed by atoms with Crippen molar-refractivity contribution in [2.45, 2.75) is 179 Å². The first-order valence-corrected chi connectivity index (χ1v) is 21.2. The second-order valence-corrected chi connectivity index (χ2v) is 22.5. The first kappa shape index (κ1) is 40.0. The summed E-state index contributed by atoms with van der Waals surface area (Å²) < 4.78 is 21.3. The lowest BCUT2D eigenvalue weighted by Crippen LogP contribution is -2.52. The fourth-order valence-corrected chi connectivity index (χ4v) is 12.4. The Bertz CT molecular complexity index is 907. The predicted molar refractivity (Wildman–Crippen MR) is 200 cm³/mol. The molecule has 0 aromatic rings. The molecule has 4 fully saturated rings. The highest BCUT2D eigenvalue weighted by molar-refractivity contribution is 7.41. The molecule has 0 spiro atoms. The molecule has 1 N–H and O–H groups in total. The molecule has 0 bridgehead atoms. The fraction of sp³-hybridized carbons (Fsp3) is 1.00. The van der Waals surface area contributed by atoms with E-state index >= 15 is 0 Å². The van der Waals surface area contributed by atoms with Crippen molar-refractivity contribution in [3.63, 3.8) is 0 Å². The standard InChI is InChI=1S/C42H79O4P/c1-26(2)18-30-21-32-33-22-31(19-27(3)4)25-36(42(12,13)14)39(33)46-47(45-38(32)35(24-30)41(9,10)11)44-17-15-16-29-20-28(5)37(43)34(23-29)40(6,7)8/h26-39,43H,15-25H2,1-14H3. The van der Waals surface area contributed by atoms with E-state index in [9.17, 15) is 5.11 Å². The van der Waals surface area contributed by atoms with Crippen molar-refractivity contribution in [2.24, 2.45) is 81.3 Å². The zero-order valence-electron chi connectivity index (χ0n) is 33.5. The van der Waals surface area contributed by atoms with Gasteiger partial charge < -0.3 is 18.7 Å². The maximum Gasteiger partial charge on any atom is 0.333 e. The Hall–Kier alpha value is 0.270. The van der Waals surface area contributed by atoms with Crippen LogP contribution in [0.3, 0.4) is 0 Å². The van der Waals surface area contributed by atoms with Crippen LogP contribution in [-0.4, -0.2) is 30.0 Å². The lowest BCUT2D eigenvalue weighted by molar-refractivity contribution is -0.0867. The van der Waals surface area contributed by atoms with Crippen LogP contribution >= 0.6 is 8.60 Å². The lowest BCUT2D eigenvalue weighted by atomic mass is 9.54. The van der Waals surface area contributed by atoms with Gasteiger partial charge in [-0.2, -0.15) is 0 Å².